The minimum Gasteiger partial charge on any atom is -0.383 e. The fourth-order valence-corrected chi connectivity index (χ4v) is 6.37. The van der Waals surface area contributed by atoms with Gasteiger partial charge in [-0.15, -0.1) is 0 Å². The number of aromatic nitrogens is 2. The number of rotatable bonds is 6. The van der Waals surface area contributed by atoms with E-state index in [2.05, 4.69) is 34.7 Å². The van der Waals surface area contributed by atoms with Crippen LogP contribution in [0.1, 0.15) is 29.8 Å². The Morgan fingerprint density at radius 2 is 1.67 bits per heavy atom. The van der Waals surface area contributed by atoms with Crippen LogP contribution in [0.3, 0.4) is 0 Å². The molecule has 36 heavy (non-hydrogen) atoms. The molecule has 3 amide bonds. The molecule has 0 atom stereocenters. The molecule has 8 heteroatoms. The number of carbonyl (C=O) groups excluding carboxylic acids is 2. The second kappa shape index (κ2) is 9.01. The average Bonchev–Trinajstić information content (AvgIpc) is 3.51. The van der Waals surface area contributed by atoms with E-state index >= 15 is 0 Å². The zero-order chi connectivity index (χ0) is 24.9. The lowest BCUT2D eigenvalue weighted by Gasteiger charge is -2.42. The number of carbonyl (C=O) groups is 2. The molecule has 0 bridgehead atoms. The molecule has 2 saturated heterocycles. The molecule has 0 saturated carbocycles. The van der Waals surface area contributed by atoms with Gasteiger partial charge in [0.15, 0.2) is 0 Å². The summed E-state index contributed by atoms with van der Waals surface area (Å²) in [6.07, 6.45) is 2.73. The van der Waals surface area contributed by atoms with Gasteiger partial charge in [-0.2, -0.15) is 0 Å². The first-order chi connectivity index (χ1) is 17.5. The Labute approximate surface area is 211 Å². The van der Waals surface area contributed by atoms with Crippen LogP contribution in [0.2, 0.25) is 0 Å². The molecule has 0 N–H and O–H groups in total. The number of ether oxygens (including phenoxy) is 1. The fourth-order valence-electron chi connectivity index (χ4n) is 6.37. The molecular formula is C28H33N5O3. The lowest BCUT2D eigenvalue weighted by Crippen LogP contribution is -2.57. The van der Waals surface area contributed by atoms with E-state index in [1.54, 1.807) is 12.0 Å². The molecule has 188 valence electrons. The fraction of sp³-hybridized carbons (Fsp3) is 0.464. The number of para-hydroxylation sites is 2. The molecule has 1 aromatic heterocycles. The zero-order valence-corrected chi connectivity index (χ0v) is 21.0. The van der Waals surface area contributed by atoms with Gasteiger partial charge in [-0.05, 0) is 48.9 Å². The Morgan fingerprint density at radius 3 is 2.33 bits per heavy atom. The van der Waals surface area contributed by atoms with Gasteiger partial charge in [-0.3, -0.25) is 14.6 Å². The van der Waals surface area contributed by atoms with Gasteiger partial charge in [-0.1, -0.05) is 36.4 Å². The lowest BCUT2D eigenvalue weighted by molar-refractivity contribution is -0.137. The Morgan fingerprint density at radius 1 is 1.00 bits per heavy atom. The number of nitrogens with zero attached hydrogens (tertiary/aromatic N) is 5. The predicted molar refractivity (Wildman–Crippen MR) is 136 cm³/mol. The number of fused-ring (bicyclic) bond motifs is 2. The van der Waals surface area contributed by atoms with Crippen molar-refractivity contribution in [3.8, 4) is 0 Å². The monoisotopic (exact) mass is 487 g/mol. The summed E-state index contributed by atoms with van der Waals surface area (Å²) in [5.74, 6) is 0.992. The lowest BCUT2D eigenvalue weighted by atomic mass is 9.85. The van der Waals surface area contributed by atoms with Crippen LogP contribution < -0.4 is 0 Å². The second-order valence-corrected chi connectivity index (χ2v) is 10.3. The van der Waals surface area contributed by atoms with Gasteiger partial charge < -0.3 is 14.2 Å². The van der Waals surface area contributed by atoms with Crippen molar-refractivity contribution >= 4 is 23.0 Å². The summed E-state index contributed by atoms with van der Waals surface area (Å²) < 4.78 is 7.48. The van der Waals surface area contributed by atoms with Crippen molar-refractivity contribution in [1.29, 1.82) is 0 Å². The van der Waals surface area contributed by atoms with Crippen molar-refractivity contribution in [3.05, 3.63) is 65.5 Å². The smallest absolute Gasteiger partial charge is 0.328 e. The average molecular weight is 488 g/mol. The van der Waals surface area contributed by atoms with E-state index in [-0.39, 0.29) is 18.0 Å². The summed E-state index contributed by atoms with van der Waals surface area (Å²) in [5.41, 5.74) is 3.82. The Hall–Kier alpha value is -3.23. The quantitative estimate of drug-likeness (QED) is 0.500. The third kappa shape index (κ3) is 3.62. The molecule has 8 nitrogen and oxygen atoms in total. The van der Waals surface area contributed by atoms with E-state index in [0.717, 1.165) is 49.3 Å². The number of amides is 3. The third-order valence-corrected chi connectivity index (χ3v) is 8.41. The number of methoxy groups -OCH3 is 1. The summed E-state index contributed by atoms with van der Waals surface area (Å²) in [6.45, 7) is 3.06. The Kier molecular flexibility index (Phi) is 5.80. The van der Waals surface area contributed by atoms with Gasteiger partial charge >= 0.3 is 6.03 Å². The van der Waals surface area contributed by atoms with Crippen molar-refractivity contribution in [2.75, 3.05) is 33.4 Å². The van der Waals surface area contributed by atoms with Crippen LogP contribution in [0.25, 0.3) is 11.0 Å². The number of benzene rings is 2. The Balaban J connectivity index is 1.21. The largest absolute Gasteiger partial charge is 0.383 e. The maximum Gasteiger partial charge on any atom is 0.328 e. The number of hydrogen-bond acceptors (Lipinski definition) is 5. The van der Waals surface area contributed by atoms with Gasteiger partial charge in [0.1, 0.15) is 11.4 Å². The highest BCUT2D eigenvalue weighted by molar-refractivity contribution is 6.07. The Bertz CT molecular complexity index is 1280. The highest BCUT2D eigenvalue weighted by Gasteiger charge is 2.59. The van der Waals surface area contributed by atoms with Gasteiger partial charge in [0.25, 0.3) is 5.91 Å². The number of likely N-dealkylation sites (tertiary alicyclic amines) is 1. The van der Waals surface area contributed by atoms with Crippen LogP contribution in [-0.4, -0.2) is 81.1 Å². The zero-order valence-electron chi connectivity index (χ0n) is 21.0. The first-order valence-electron chi connectivity index (χ1n) is 12.9. The molecular weight excluding hydrogens is 454 g/mol. The summed E-state index contributed by atoms with van der Waals surface area (Å²) in [4.78, 5) is 38.3. The van der Waals surface area contributed by atoms with Crippen molar-refractivity contribution in [1.82, 2.24) is 24.3 Å². The molecule has 2 aliphatic heterocycles. The number of imidazole rings is 1. The normalized spacial score (nSPS) is 20.3. The van der Waals surface area contributed by atoms with E-state index in [9.17, 15) is 9.59 Å². The molecule has 0 radical (unpaired) electrons. The first-order valence-corrected chi connectivity index (χ1v) is 12.9. The van der Waals surface area contributed by atoms with Crippen LogP contribution in [0.5, 0.6) is 0 Å². The minimum atomic E-state index is -0.784. The molecule has 3 aliphatic rings. The predicted octanol–water partition coefficient (Wildman–Crippen LogP) is 2.99. The number of urea groups is 1. The topological polar surface area (TPSA) is 70.9 Å². The van der Waals surface area contributed by atoms with Crippen molar-refractivity contribution in [2.24, 2.45) is 7.05 Å². The van der Waals surface area contributed by atoms with E-state index in [0.29, 0.717) is 26.0 Å². The maximum absolute atomic E-state index is 14.0. The van der Waals surface area contributed by atoms with E-state index in [1.165, 1.54) is 11.1 Å². The van der Waals surface area contributed by atoms with Crippen LogP contribution >= 0.6 is 0 Å². The molecule has 0 unspecified atom stereocenters. The van der Waals surface area contributed by atoms with Crippen LogP contribution in [0.15, 0.2) is 48.5 Å². The van der Waals surface area contributed by atoms with Crippen molar-refractivity contribution < 1.29 is 14.3 Å². The minimum absolute atomic E-state index is 0.0243. The molecule has 1 spiro atoms. The summed E-state index contributed by atoms with van der Waals surface area (Å²) in [5, 5.41) is 0. The second-order valence-electron chi connectivity index (χ2n) is 10.3. The standard InChI is InChI=1S/C28H33N5O3/c1-30-24-10-6-5-9-23(24)29-25(30)19-31-13-11-28(12-14-31)26(34)33(27(35)32(28)15-16-36-2)22-17-20-7-3-4-8-21(20)18-22/h3-10,22H,11-19H2,1-2H3. The van der Waals surface area contributed by atoms with Crippen molar-refractivity contribution in [3.63, 3.8) is 0 Å². The van der Waals surface area contributed by atoms with Gasteiger partial charge in [0.2, 0.25) is 0 Å². The molecule has 3 heterocycles. The summed E-state index contributed by atoms with van der Waals surface area (Å²) in [7, 11) is 3.69. The molecule has 3 aromatic rings. The first kappa shape index (κ1) is 23.2. The SMILES string of the molecule is COCCN1C(=O)N(C2Cc3ccccc3C2)C(=O)C12CCN(Cc1nc3ccccc3n1C)CC2. The molecule has 2 aromatic carbocycles. The van der Waals surface area contributed by atoms with Gasteiger partial charge in [0.05, 0.1) is 24.2 Å². The number of hydrogen-bond donors (Lipinski definition) is 0. The van der Waals surface area contributed by atoms with E-state index in [4.69, 9.17) is 9.72 Å². The number of aryl methyl sites for hydroxylation is 1. The van der Waals surface area contributed by atoms with Crippen LogP contribution in [0.4, 0.5) is 4.79 Å². The molecule has 1 aliphatic carbocycles. The van der Waals surface area contributed by atoms with Gasteiger partial charge in [0, 0.05) is 39.8 Å². The highest BCUT2D eigenvalue weighted by atomic mass is 16.5. The maximum atomic E-state index is 14.0. The van der Waals surface area contributed by atoms with Gasteiger partial charge in [-0.25, -0.2) is 9.78 Å². The van der Waals surface area contributed by atoms with E-state index in [1.807, 2.05) is 35.2 Å². The number of piperidine rings is 1. The van der Waals surface area contributed by atoms with Crippen molar-refractivity contribution in [2.45, 2.75) is 43.8 Å². The highest BCUT2D eigenvalue weighted by Crippen LogP contribution is 2.40. The summed E-state index contributed by atoms with van der Waals surface area (Å²) >= 11 is 0. The molecule has 6 rings (SSSR count). The molecule has 2 fully saturated rings. The third-order valence-electron chi connectivity index (χ3n) is 8.41. The number of imide groups is 1. The van der Waals surface area contributed by atoms with E-state index < -0.39 is 5.54 Å². The summed E-state index contributed by atoms with van der Waals surface area (Å²) in [6, 6.07) is 16.2. The van der Waals surface area contributed by atoms with Crippen LogP contribution in [-0.2, 0) is 36.0 Å². The van der Waals surface area contributed by atoms with Crippen LogP contribution in [0, 0.1) is 0 Å².